The van der Waals surface area contributed by atoms with E-state index in [0.29, 0.717) is 12.0 Å². The molecule has 1 spiro atoms. The van der Waals surface area contributed by atoms with E-state index in [1.807, 2.05) is 0 Å². The molecule has 0 N–H and O–H groups in total. The first kappa shape index (κ1) is 8.49. The predicted octanol–water partition coefficient (Wildman–Crippen LogP) is 3.11. The summed E-state index contributed by atoms with van der Waals surface area (Å²) in [5, 5.41) is 0. The van der Waals surface area contributed by atoms with Gasteiger partial charge in [-0.05, 0) is 31.7 Å². The number of ether oxygens (including phenoxy) is 1. The van der Waals surface area contributed by atoms with E-state index in [1.54, 1.807) is 0 Å². The zero-order valence-corrected chi connectivity index (χ0v) is 8.57. The molecule has 0 amide bonds. The minimum Gasteiger partial charge on any atom is -0.371 e. The Balaban J connectivity index is 1.80. The molecule has 1 aliphatic heterocycles. The predicted molar refractivity (Wildman–Crippen MR) is 56.3 cm³/mol. The van der Waals surface area contributed by atoms with Crippen LogP contribution in [-0.2, 0) is 4.74 Å². The van der Waals surface area contributed by atoms with Gasteiger partial charge in [0, 0.05) is 5.92 Å². The van der Waals surface area contributed by atoms with Crippen LogP contribution in [-0.4, -0.2) is 11.7 Å². The zero-order chi connectivity index (χ0) is 9.60. The minimum absolute atomic E-state index is 0.237. The van der Waals surface area contributed by atoms with Crippen LogP contribution in [0.25, 0.3) is 0 Å². The summed E-state index contributed by atoms with van der Waals surface area (Å²) in [5.74, 6) is 0.675. The lowest BCUT2D eigenvalue weighted by Gasteiger charge is -2.10. The van der Waals surface area contributed by atoms with Gasteiger partial charge in [0.05, 0.1) is 11.7 Å². The van der Waals surface area contributed by atoms with Gasteiger partial charge in [-0.1, -0.05) is 30.3 Å². The van der Waals surface area contributed by atoms with Gasteiger partial charge in [-0.25, -0.2) is 0 Å². The van der Waals surface area contributed by atoms with Gasteiger partial charge in [-0.2, -0.15) is 0 Å². The van der Waals surface area contributed by atoms with Gasteiger partial charge < -0.3 is 4.74 Å². The van der Waals surface area contributed by atoms with Crippen molar-refractivity contribution in [1.29, 1.82) is 0 Å². The Morgan fingerprint density at radius 3 is 2.71 bits per heavy atom. The van der Waals surface area contributed by atoms with Crippen molar-refractivity contribution in [3.8, 4) is 0 Å². The normalized spacial score (nSPS) is 40.4. The highest BCUT2D eigenvalue weighted by Gasteiger charge is 2.59. The fraction of sp³-hybridized carbons (Fsp3) is 0.538. The maximum Gasteiger partial charge on any atom is 0.0763 e. The number of rotatable bonds is 1. The molecule has 1 aromatic carbocycles. The fourth-order valence-electron chi connectivity index (χ4n) is 2.77. The molecule has 74 valence electrons. The van der Waals surface area contributed by atoms with Crippen molar-refractivity contribution < 1.29 is 4.74 Å². The Bertz CT molecular complexity index is 332. The summed E-state index contributed by atoms with van der Waals surface area (Å²) >= 11 is 0. The maximum absolute atomic E-state index is 6.03. The first-order chi connectivity index (χ1) is 6.80. The summed E-state index contributed by atoms with van der Waals surface area (Å²) in [4.78, 5) is 0. The fourth-order valence-corrected chi connectivity index (χ4v) is 2.77. The van der Waals surface area contributed by atoms with Crippen molar-refractivity contribution in [2.45, 2.75) is 43.8 Å². The van der Waals surface area contributed by atoms with E-state index in [2.05, 4.69) is 37.3 Å². The number of hydrogen-bond acceptors (Lipinski definition) is 1. The summed E-state index contributed by atoms with van der Waals surface area (Å²) in [6.45, 7) is 2.19. The van der Waals surface area contributed by atoms with Crippen LogP contribution in [0, 0.1) is 0 Å². The third-order valence-electron chi connectivity index (χ3n) is 3.64. The smallest absolute Gasteiger partial charge is 0.0763 e. The van der Waals surface area contributed by atoms with Crippen molar-refractivity contribution in [2.75, 3.05) is 0 Å². The quantitative estimate of drug-likeness (QED) is 0.658. The second kappa shape index (κ2) is 2.83. The molecule has 0 bridgehead atoms. The lowest BCUT2D eigenvalue weighted by Crippen LogP contribution is -2.11. The van der Waals surface area contributed by atoms with E-state index >= 15 is 0 Å². The zero-order valence-electron chi connectivity index (χ0n) is 8.57. The Morgan fingerprint density at radius 2 is 2.07 bits per heavy atom. The number of hydrogen-bond donors (Lipinski definition) is 0. The highest BCUT2D eigenvalue weighted by Crippen LogP contribution is 2.60. The van der Waals surface area contributed by atoms with E-state index in [4.69, 9.17) is 4.74 Å². The van der Waals surface area contributed by atoms with Crippen LogP contribution in [0.5, 0.6) is 0 Å². The Hall–Kier alpha value is -0.820. The van der Waals surface area contributed by atoms with E-state index < -0.39 is 0 Å². The Morgan fingerprint density at radius 1 is 1.29 bits per heavy atom. The molecular formula is C13H16O. The van der Waals surface area contributed by atoms with Crippen molar-refractivity contribution in [2.24, 2.45) is 0 Å². The molecule has 2 aliphatic rings. The lowest BCUT2D eigenvalue weighted by molar-refractivity contribution is 0.0340. The van der Waals surface area contributed by atoms with Gasteiger partial charge in [0.25, 0.3) is 0 Å². The molecule has 1 aromatic rings. The van der Waals surface area contributed by atoms with E-state index in [1.165, 1.54) is 24.8 Å². The molecule has 3 atom stereocenters. The SMILES string of the molecule is CC1CCC2(CC2c2ccccc2)O1. The average molecular weight is 188 g/mol. The highest BCUT2D eigenvalue weighted by atomic mass is 16.5. The van der Waals surface area contributed by atoms with Crippen LogP contribution in [0.15, 0.2) is 30.3 Å². The molecule has 1 nitrogen and oxygen atoms in total. The molecule has 0 radical (unpaired) electrons. The molecule has 2 fully saturated rings. The van der Waals surface area contributed by atoms with Gasteiger partial charge in [-0.15, -0.1) is 0 Å². The molecular weight excluding hydrogens is 172 g/mol. The molecule has 3 rings (SSSR count). The van der Waals surface area contributed by atoms with Crippen molar-refractivity contribution in [3.05, 3.63) is 35.9 Å². The largest absolute Gasteiger partial charge is 0.371 e. The monoisotopic (exact) mass is 188 g/mol. The third kappa shape index (κ3) is 1.19. The van der Waals surface area contributed by atoms with Crippen LogP contribution in [0.1, 0.15) is 37.7 Å². The number of benzene rings is 1. The Kier molecular flexibility index (Phi) is 1.72. The van der Waals surface area contributed by atoms with Crippen LogP contribution < -0.4 is 0 Å². The van der Waals surface area contributed by atoms with Crippen LogP contribution in [0.4, 0.5) is 0 Å². The first-order valence-electron chi connectivity index (χ1n) is 5.53. The summed E-state index contributed by atoms with van der Waals surface area (Å²) in [6.07, 6.45) is 4.21. The molecule has 1 heterocycles. The molecule has 1 heteroatoms. The van der Waals surface area contributed by atoms with Crippen LogP contribution >= 0.6 is 0 Å². The lowest BCUT2D eigenvalue weighted by atomic mass is 10.1. The summed E-state index contributed by atoms with van der Waals surface area (Å²) < 4.78 is 6.03. The Labute approximate surface area is 85.1 Å². The third-order valence-corrected chi connectivity index (χ3v) is 3.64. The van der Waals surface area contributed by atoms with Crippen LogP contribution in [0.2, 0.25) is 0 Å². The van der Waals surface area contributed by atoms with E-state index in [9.17, 15) is 0 Å². The van der Waals surface area contributed by atoms with E-state index in [-0.39, 0.29) is 5.60 Å². The molecule has 0 aromatic heterocycles. The van der Waals surface area contributed by atoms with Crippen LogP contribution in [0.3, 0.4) is 0 Å². The minimum atomic E-state index is 0.237. The first-order valence-corrected chi connectivity index (χ1v) is 5.53. The van der Waals surface area contributed by atoms with Crippen molar-refractivity contribution in [3.63, 3.8) is 0 Å². The highest BCUT2D eigenvalue weighted by molar-refractivity contribution is 5.32. The van der Waals surface area contributed by atoms with Gasteiger partial charge in [0.2, 0.25) is 0 Å². The average Bonchev–Trinajstić information content (AvgIpc) is 2.78. The van der Waals surface area contributed by atoms with Gasteiger partial charge >= 0.3 is 0 Å². The second-order valence-corrected chi connectivity index (χ2v) is 4.70. The van der Waals surface area contributed by atoms with Gasteiger partial charge in [0.15, 0.2) is 0 Å². The van der Waals surface area contributed by atoms with E-state index in [0.717, 1.165) is 0 Å². The second-order valence-electron chi connectivity index (χ2n) is 4.70. The van der Waals surface area contributed by atoms with Crippen molar-refractivity contribution in [1.82, 2.24) is 0 Å². The van der Waals surface area contributed by atoms with Gasteiger partial charge in [-0.3, -0.25) is 0 Å². The summed E-state index contributed by atoms with van der Waals surface area (Å²) in [5.41, 5.74) is 1.70. The van der Waals surface area contributed by atoms with Crippen molar-refractivity contribution >= 4 is 0 Å². The maximum atomic E-state index is 6.03. The topological polar surface area (TPSA) is 9.23 Å². The molecule has 1 saturated carbocycles. The summed E-state index contributed by atoms with van der Waals surface area (Å²) in [7, 11) is 0. The van der Waals surface area contributed by atoms with Gasteiger partial charge in [0.1, 0.15) is 0 Å². The summed E-state index contributed by atoms with van der Waals surface area (Å²) in [6, 6.07) is 10.8. The molecule has 1 saturated heterocycles. The molecule has 14 heavy (non-hydrogen) atoms. The molecule has 3 unspecified atom stereocenters. The molecule has 1 aliphatic carbocycles. The standard InChI is InChI=1S/C13H16O/c1-10-7-8-13(14-10)9-12(13)11-5-3-2-4-6-11/h2-6,10,12H,7-9H2,1H3.